The van der Waals surface area contributed by atoms with Crippen LogP contribution in [-0.4, -0.2) is 96.1 Å². The van der Waals surface area contributed by atoms with Crippen molar-refractivity contribution in [2.45, 2.75) is 90.2 Å². The first-order valence-electron chi connectivity index (χ1n) is 16.4. The highest BCUT2D eigenvalue weighted by atomic mass is 32.2. The number of aromatic nitrogens is 3. The van der Waals surface area contributed by atoms with Crippen molar-refractivity contribution in [3.8, 4) is 17.1 Å². The van der Waals surface area contributed by atoms with Gasteiger partial charge in [0.2, 0.25) is 10.0 Å². The second-order valence-corrected chi connectivity index (χ2v) is 13.6. The molecule has 1 aliphatic rings. The maximum atomic E-state index is 14.3. The molecule has 1 aromatic carbocycles. The Morgan fingerprint density at radius 3 is 2.17 bits per heavy atom. The number of ether oxygens (including phenoxy) is 3. The summed E-state index contributed by atoms with van der Waals surface area (Å²) in [4.78, 5) is 48.0. The van der Waals surface area contributed by atoms with Gasteiger partial charge in [-0.05, 0) is 64.4 Å². The molecule has 0 bridgehead atoms. The maximum absolute atomic E-state index is 14.3. The van der Waals surface area contributed by atoms with Crippen LogP contribution in [-0.2, 0) is 42.1 Å². The Morgan fingerprint density at radius 1 is 0.979 bits per heavy atom. The highest BCUT2D eigenvalue weighted by molar-refractivity contribution is 7.89. The lowest BCUT2D eigenvalue weighted by Gasteiger charge is -2.43. The first-order chi connectivity index (χ1) is 22.5. The third-order valence-electron chi connectivity index (χ3n) is 8.36. The van der Waals surface area contributed by atoms with E-state index in [4.69, 9.17) is 19.2 Å². The third-order valence-corrected chi connectivity index (χ3v) is 10.2. The zero-order valence-electron chi connectivity index (χ0n) is 28.2. The number of carbonyl (C=O) groups excluding carboxylic acids is 2. The number of hydrogen-bond acceptors (Lipinski definition) is 10. The molecule has 0 spiro atoms. The van der Waals surface area contributed by atoms with Gasteiger partial charge in [0, 0.05) is 37.9 Å². The van der Waals surface area contributed by atoms with Crippen molar-refractivity contribution in [2.24, 2.45) is 0 Å². The molecule has 2 unspecified atom stereocenters. The summed E-state index contributed by atoms with van der Waals surface area (Å²) < 4.78 is 48.1. The molecule has 3 heterocycles. The van der Waals surface area contributed by atoms with Crippen LogP contribution in [0, 0.1) is 0 Å². The lowest BCUT2D eigenvalue weighted by molar-refractivity contribution is -0.146. The van der Waals surface area contributed by atoms with Crippen LogP contribution in [0.1, 0.15) is 65.9 Å². The molecule has 2 atom stereocenters. The minimum atomic E-state index is -4.16. The molecule has 4 rings (SSSR count). The number of likely N-dealkylation sites (N-methyl/N-ethyl adjacent to an activating group) is 1. The number of rotatable bonds is 15. The van der Waals surface area contributed by atoms with Gasteiger partial charge in [-0.15, -0.1) is 0 Å². The summed E-state index contributed by atoms with van der Waals surface area (Å²) in [6.45, 7) is 10.8. The summed E-state index contributed by atoms with van der Waals surface area (Å²) in [5, 5.41) is 0. The molecular formula is C33H47N5O8S. The smallest absolute Gasteiger partial charge is 0.307 e. The van der Waals surface area contributed by atoms with Crippen molar-refractivity contribution in [1.29, 1.82) is 0 Å². The number of sulfonamides is 1. The van der Waals surface area contributed by atoms with E-state index in [0.717, 1.165) is 18.4 Å². The van der Waals surface area contributed by atoms with Gasteiger partial charge in [-0.2, -0.15) is 4.31 Å². The average Bonchev–Trinajstić information content (AvgIpc) is 3.40. The summed E-state index contributed by atoms with van der Waals surface area (Å²) in [6.07, 6.45) is 4.16. The van der Waals surface area contributed by atoms with Gasteiger partial charge in [0.25, 0.3) is 5.56 Å². The van der Waals surface area contributed by atoms with Crippen LogP contribution < -0.4 is 10.3 Å². The molecule has 47 heavy (non-hydrogen) atoms. The molecule has 1 N–H and O–H groups in total. The van der Waals surface area contributed by atoms with E-state index in [1.165, 1.54) is 16.4 Å². The van der Waals surface area contributed by atoms with Crippen LogP contribution in [0.3, 0.4) is 0 Å². The van der Waals surface area contributed by atoms with E-state index in [1.807, 2.05) is 29.5 Å². The standard InChI is InChI=1S/C33H47N5O8S/c1-7-12-22-19-37(9-3)31-30(22)34-32(35-33(31)41)26-18-25(13-14-27(26)46-15-8-2)47(42,43)38-20-23(16-28(39)44-10-4)36(6)24(21-38)17-29(40)45-11-5/h13-14,18-19,23-24H,7-12,15-17,20-21H2,1-6H3,(H,34,35,41). The fourth-order valence-electron chi connectivity index (χ4n) is 5.98. The van der Waals surface area contributed by atoms with Crippen molar-refractivity contribution < 1.29 is 32.2 Å². The summed E-state index contributed by atoms with van der Waals surface area (Å²) in [7, 11) is -2.39. The second-order valence-electron chi connectivity index (χ2n) is 11.6. The predicted octanol–water partition coefficient (Wildman–Crippen LogP) is 3.73. The highest BCUT2D eigenvalue weighted by Gasteiger charge is 2.40. The summed E-state index contributed by atoms with van der Waals surface area (Å²) >= 11 is 0. The second kappa shape index (κ2) is 15.9. The van der Waals surface area contributed by atoms with Gasteiger partial charge in [-0.3, -0.25) is 19.3 Å². The molecule has 0 aliphatic carbocycles. The lowest BCUT2D eigenvalue weighted by Crippen LogP contribution is -2.59. The summed E-state index contributed by atoms with van der Waals surface area (Å²) in [5.41, 5.74) is 1.99. The first kappa shape index (κ1) is 36.1. The van der Waals surface area contributed by atoms with Gasteiger partial charge in [-0.1, -0.05) is 20.3 Å². The van der Waals surface area contributed by atoms with Gasteiger partial charge in [0.05, 0.1) is 48.6 Å². The Balaban J connectivity index is 1.80. The fraction of sp³-hybridized carbons (Fsp3) is 0.576. The van der Waals surface area contributed by atoms with E-state index in [1.54, 1.807) is 27.0 Å². The molecular weight excluding hydrogens is 626 g/mol. The number of fused-ring (bicyclic) bond motifs is 1. The zero-order chi connectivity index (χ0) is 34.3. The summed E-state index contributed by atoms with van der Waals surface area (Å²) in [6, 6.07) is 3.44. The molecule has 0 radical (unpaired) electrons. The van der Waals surface area contributed by atoms with Crippen LogP contribution in [0.2, 0.25) is 0 Å². The van der Waals surface area contributed by atoms with E-state index < -0.39 is 34.0 Å². The van der Waals surface area contributed by atoms with Crippen molar-refractivity contribution in [3.05, 3.63) is 40.3 Å². The number of aryl methyl sites for hydroxylation is 2. The quantitative estimate of drug-likeness (QED) is 0.236. The lowest BCUT2D eigenvalue weighted by atomic mass is 10.0. The Bertz CT molecular complexity index is 1700. The molecule has 2 aromatic heterocycles. The molecule has 14 heteroatoms. The number of hydrogen-bond donors (Lipinski definition) is 1. The Morgan fingerprint density at radius 2 is 1.62 bits per heavy atom. The first-order valence-corrected chi connectivity index (χ1v) is 17.8. The fourth-order valence-corrected chi connectivity index (χ4v) is 7.52. The van der Waals surface area contributed by atoms with Crippen LogP contribution in [0.25, 0.3) is 22.4 Å². The minimum Gasteiger partial charge on any atom is -0.493 e. The zero-order valence-corrected chi connectivity index (χ0v) is 29.0. The monoisotopic (exact) mass is 673 g/mol. The summed E-state index contributed by atoms with van der Waals surface area (Å²) in [5.74, 6) is -0.319. The largest absolute Gasteiger partial charge is 0.493 e. The average molecular weight is 674 g/mol. The van der Waals surface area contributed by atoms with Crippen LogP contribution in [0.5, 0.6) is 5.75 Å². The Hall–Kier alpha value is -3.75. The van der Waals surface area contributed by atoms with E-state index >= 15 is 0 Å². The van der Waals surface area contributed by atoms with E-state index in [0.29, 0.717) is 41.9 Å². The third kappa shape index (κ3) is 8.04. The highest BCUT2D eigenvalue weighted by Crippen LogP contribution is 2.34. The van der Waals surface area contributed by atoms with E-state index in [-0.39, 0.29) is 55.4 Å². The van der Waals surface area contributed by atoms with Crippen molar-refractivity contribution >= 4 is 33.0 Å². The molecule has 1 aliphatic heterocycles. The number of aromatic amines is 1. The number of H-pyrrole nitrogens is 1. The topological polar surface area (TPSA) is 153 Å². The van der Waals surface area contributed by atoms with Gasteiger partial charge in [0.15, 0.2) is 0 Å². The van der Waals surface area contributed by atoms with E-state index in [2.05, 4.69) is 11.9 Å². The van der Waals surface area contributed by atoms with E-state index in [9.17, 15) is 22.8 Å². The van der Waals surface area contributed by atoms with Crippen molar-refractivity contribution in [1.82, 2.24) is 23.7 Å². The predicted molar refractivity (Wildman–Crippen MR) is 178 cm³/mol. The molecule has 13 nitrogen and oxygen atoms in total. The van der Waals surface area contributed by atoms with Crippen LogP contribution in [0.4, 0.5) is 0 Å². The molecule has 0 saturated carbocycles. The molecule has 1 fully saturated rings. The number of nitrogens with zero attached hydrogens (tertiary/aromatic N) is 4. The molecule has 0 amide bonds. The SMILES string of the molecule is CCCOc1ccc(S(=O)(=O)N2CC(CC(=O)OCC)N(C)C(CC(=O)OCC)C2)cc1-c1nc2c(CCC)cn(CC)c2c(=O)[nH]1. The Labute approximate surface area is 276 Å². The molecule has 3 aromatic rings. The number of benzene rings is 1. The number of esters is 2. The Kier molecular flexibility index (Phi) is 12.2. The molecule has 1 saturated heterocycles. The van der Waals surface area contributed by atoms with Gasteiger partial charge < -0.3 is 23.8 Å². The van der Waals surface area contributed by atoms with Crippen LogP contribution >= 0.6 is 0 Å². The number of piperazine rings is 1. The van der Waals surface area contributed by atoms with Crippen LogP contribution in [0.15, 0.2) is 34.1 Å². The number of carbonyl (C=O) groups is 2. The van der Waals surface area contributed by atoms with Crippen molar-refractivity contribution in [2.75, 3.05) is 40.0 Å². The number of nitrogens with one attached hydrogen (secondary N) is 1. The van der Waals surface area contributed by atoms with Gasteiger partial charge in [-0.25, -0.2) is 13.4 Å². The molecule has 258 valence electrons. The minimum absolute atomic E-state index is 0.00630. The van der Waals surface area contributed by atoms with Gasteiger partial charge >= 0.3 is 11.9 Å². The van der Waals surface area contributed by atoms with Gasteiger partial charge in [0.1, 0.15) is 17.1 Å². The maximum Gasteiger partial charge on any atom is 0.307 e. The van der Waals surface area contributed by atoms with Crippen molar-refractivity contribution in [3.63, 3.8) is 0 Å². The normalized spacial score (nSPS) is 17.6.